The molecule has 92 valence electrons. The number of likely N-dealkylation sites (tertiary alicyclic amines) is 1. The average molecular weight is 229 g/mol. The molecule has 1 fully saturated rings. The van der Waals surface area contributed by atoms with Crippen molar-refractivity contribution in [2.75, 3.05) is 26.2 Å². The summed E-state index contributed by atoms with van der Waals surface area (Å²) < 4.78 is 0. The Labute approximate surface area is 95.1 Å². The Balaban J connectivity index is 2.30. The molecule has 1 rings (SSSR count). The van der Waals surface area contributed by atoms with Crippen LogP contribution in [0.2, 0.25) is 0 Å². The highest BCUT2D eigenvalue weighted by Gasteiger charge is 2.21. The van der Waals surface area contributed by atoms with Gasteiger partial charge >= 0.3 is 0 Å². The molecule has 1 saturated heterocycles. The molecule has 0 amide bonds. The van der Waals surface area contributed by atoms with Gasteiger partial charge in [-0.05, 0) is 25.9 Å². The van der Waals surface area contributed by atoms with Gasteiger partial charge in [-0.3, -0.25) is 14.5 Å². The van der Waals surface area contributed by atoms with Crippen LogP contribution in [0.25, 0.3) is 0 Å². The molecule has 0 aromatic heterocycles. The molecule has 1 aliphatic rings. The molecule has 16 heavy (non-hydrogen) atoms. The first-order chi connectivity index (χ1) is 7.63. The second kappa shape index (κ2) is 6.73. The van der Waals surface area contributed by atoms with E-state index in [0.29, 0.717) is 0 Å². The first kappa shape index (κ1) is 13.3. The van der Waals surface area contributed by atoms with Crippen LogP contribution in [0.1, 0.15) is 25.7 Å². The molecule has 0 bridgehead atoms. The lowest BCUT2D eigenvalue weighted by atomic mass is 10.1. The quantitative estimate of drug-likeness (QED) is 0.592. The molecule has 0 unspecified atom stereocenters. The number of nitrogens with zero attached hydrogens (tertiary/aromatic N) is 1. The van der Waals surface area contributed by atoms with Crippen molar-refractivity contribution < 1.29 is 19.8 Å². The lowest BCUT2D eigenvalue weighted by Crippen LogP contribution is -2.38. The molecule has 0 aromatic carbocycles. The zero-order chi connectivity index (χ0) is 12.0. The summed E-state index contributed by atoms with van der Waals surface area (Å²) in [6, 6.07) is 0. The number of rotatable bonds is 6. The minimum absolute atomic E-state index is 0.150. The van der Waals surface area contributed by atoms with Gasteiger partial charge in [0.1, 0.15) is 0 Å². The molecular weight excluding hydrogens is 210 g/mol. The monoisotopic (exact) mass is 229 g/mol. The Morgan fingerprint density at radius 2 is 1.75 bits per heavy atom. The lowest BCUT2D eigenvalue weighted by Gasteiger charge is -2.25. The van der Waals surface area contributed by atoms with Crippen molar-refractivity contribution in [2.45, 2.75) is 31.8 Å². The van der Waals surface area contributed by atoms with Crippen LogP contribution < -0.4 is 0 Å². The number of hydrogen-bond acceptors (Lipinski definition) is 5. The number of piperidine rings is 1. The molecule has 0 radical (unpaired) electrons. The van der Waals surface area contributed by atoms with Crippen LogP contribution in [0.5, 0.6) is 0 Å². The first-order valence-electron chi connectivity index (χ1n) is 5.70. The van der Waals surface area contributed by atoms with E-state index in [1.165, 1.54) is 6.42 Å². The second-order valence-corrected chi connectivity index (χ2v) is 4.22. The Morgan fingerprint density at radius 1 is 1.12 bits per heavy atom. The first-order valence-corrected chi connectivity index (χ1v) is 5.70. The van der Waals surface area contributed by atoms with Crippen LogP contribution in [0.3, 0.4) is 0 Å². The van der Waals surface area contributed by atoms with Gasteiger partial charge in [0.2, 0.25) is 11.6 Å². The fourth-order valence-corrected chi connectivity index (χ4v) is 1.80. The van der Waals surface area contributed by atoms with Gasteiger partial charge in [-0.2, -0.15) is 0 Å². The summed E-state index contributed by atoms with van der Waals surface area (Å²) in [6.45, 7) is 1.39. The molecule has 0 aliphatic carbocycles. The average Bonchev–Trinajstić information content (AvgIpc) is 2.30. The standard InChI is InChI=1S/C11H19NO4/c13-8-9(14)6-10(15)11(16)7-12-4-2-1-3-5-12/h9,13-14H,1-8H2/t9-/m1/s1. The minimum atomic E-state index is -1.11. The zero-order valence-electron chi connectivity index (χ0n) is 9.39. The van der Waals surface area contributed by atoms with Crippen molar-refractivity contribution in [1.82, 2.24) is 4.90 Å². The van der Waals surface area contributed by atoms with E-state index in [9.17, 15) is 9.59 Å². The zero-order valence-corrected chi connectivity index (χ0v) is 9.39. The molecule has 0 spiro atoms. The van der Waals surface area contributed by atoms with Gasteiger partial charge in [0.15, 0.2) is 0 Å². The summed E-state index contributed by atoms with van der Waals surface area (Å²) in [6.07, 6.45) is 1.93. The number of carbonyl (C=O) groups is 2. The predicted molar refractivity (Wildman–Crippen MR) is 58.0 cm³/mol. The minimum Gasteiger partial charge on any atom is -0.394 e. The Hall–Kier alpha value is -0.780. The van der Waals surface area contributed by atoms with Crippen molar-refractivity contribution >= 4 is 11.6 Å². The summed E-state index contributed by atoms with van der Waals surface area (Å²) >= 11 is 0. The van der Waals surface area contributed by atoms with Gasteiger partial charge in [-0.15, -0.1) is 0 Å². The van der Waals surface area contributed by atoms with Crippen molar-refractivity contribution in [3.8, 4) is 0 Å². The number of hydrogen-bond donors (Lipinski definition) is 2. The normalized spacial score (nSPS) is 19.4. The number of carbonyl (C=O) groups excluding carboxylic acids is 2. The van der Waals surface area contributed by atoms with Crippen molar-refractivity contribution in [3.05, 3.63) is 0 Å². The van der Waals surface area contributed by atoms with E-state index >= 15 is 0 Å². The largest absolute Gasteiger partial charge is 0.394 e. The van der Waals surface area contributed by atoms with Gasteiger partial charge in [-0.1, -0.05) is 6.42 Å². The Morgan fingerprint density at radius 3 is 2.31 bits per heavy atom. The van der Waals surface area contributed by atoms with Crippen LogP contribution in [0.15, 0.2) is 0 Å². The molecule has 1 heterocycles. The highest BCUT2D eigenvalue weighted by Crippen LogP contribution is 2.08. The maximum absolute atomic E-state index is 11.5. The summed E-state index contributed by atoms with van der Waals surface area (Å²) in [5, 5.41) is 17.6. The Kier molecular flexibility index (Phi) is 5.59. The fourth-order valence-electron chi connectivity index (χ4n) is 1.80. The fraction of sp³-hybridized carbons (Fsp3) is 0.818. The molecule has 0 aromatic rings. The van der Waals surface area contributed by atoms with Crippen molar-refractivity contribution in [2.24, 2.45) is 0 Å². The number of Topliss-reactive ketones (excluding diaryl/α,β-unsaturated/α-hetero) is 2. The molecule has 2 N–H and O–H groups in total. The lowest BCUT2D eigenvalue weighted by molar-refractivity contribution is -0.138. The maximum atomic E-state index is 11.5. The van der Waals surface area contributed by atoms with E-state index in [0.717, 1.165) is 25.9 Å². The molecule has 0 saturated carbocycles. The second-order valence-electron chi connectivity index (χ2n) is 4.22. The SMILES string of the molecule is O=C(C[C@@H](O)CO)C(=O)CN1CCCCC1. The third-order valence-corrected chi connectivity index (χ3v) is 2.76. The van der Waals surface area contributed by atoms with E-state index in [1.807, 2.05) is 4.90 Å². The number of ketones is 2. The molecular formula is C11H19NO4. The van der Waals surface area contributed by atoms with Crippen molar-refractivity contribution in [1.29, 1.82) is 0 Å². The van der Waals surface area contributed by atoms with E-state index in [1.54, 1.807) is 0 Å². The molecule has 5 nitrogen and oxygen atoms in total. The van der Waals surface area contributed by atoms with E-state index in [4.69, 9.17) is 10.2 Å². The third-order valence-electron chi connectivity index (χ3n) is 2.76. The van der Waals surface area contributed by atoms with Gasteiger partial charge < -0.3 is 10.2 Å². The van der Waals surface area contributed by atoms with Crippen LogP contribution in [-0.4, -0.2) is 59.0 Å². The molecule has 1 aliphatic heterocycles. The van der Waals surface area contributed by atoms with E-state index in [2.05, 4.69) is 0 Å². The van der Waals surface area contributed by atoms with Crippen LogP contribution in [0, 0.1) is 0 Å². The van der Waals surface area contributed by atoms with Crippen LogP contribution in [-0.2, 0) is 9.59 Å². The van der Waals surface area contributed by atoms with E-state index in [-0.39, 0.29) is 13.0 Å². The van der Waals surface area contributed by atoms with Gasteiger partial charge in [0.25, 0.3) is 0 Å². The maximum Gasteiger partial charge on any atom is 0.212 e. The highest BCUT2D eigenvalue weighted by molar-refractivity contribution is 6.38. The highest BCUT2D eigenvalue weighted by atomic mass is 16.3. The van der Waals surface area contributed by atoms with Gasteiger partial charge in [0, 0.05) is 6.42 Å². The summed E-state index contributed by atoms with van der Waals surface area (Å²) in [7, 11) is 0. The van der Waals surface area contributed by atoms with Crippen molar-refractivity contribution in [3.63, 3.8) is 0 Å². The number of aliphatic hydroxyl groups excluding tert-OH is 2. The van der Waals surface area contributed by atoms with Gasteiger partial charge in [-0.25, -0.2) is 0 Å². The summed E-state index contributed by atoms with van der Waals surface area (Å²) in [5.41, 5.74) is 0. The van der Waals surface area contributed by atoms with Crippen LogP contribution in [0.4, 0.5) is 0 Å². The van der Waals surface area contributed by atoms with Gasteiger partial charge in [0.05, 0.1) is 19.3 Å². The molecule has 1 atom stereocenters. The van der Waals surface area contributed by atoms with Crippen LogP contribution >= 0.6 is 0 Å². The third kappa shape index (κ3) is 4.38. The van der Waals surface area contributed by atoms with E-state index < -0.39 is 24.3 Å². The molecule has 5 heteroatoms. The smallest absolute Gasteiger partial charge is 0.212 e. The predicted octanol–water partition coefficient (Wildman–Crippen LogP) is -0.646. The Bertz CT molecular complexity index is 248. The number of aliphatic hydroxyl groups is 2. The summed E-state index contributed by atoms with van der Waals surface area (Å²) in [5.74, 6) is -1.05. The topological polar surface area (TPSA) is 77.8 Å². The summed E-state index contributed by atoms with van der Waals surface area (Å²) in [4.78, 5) is 24.8.